The Morgan fingerprint density at radius 2 is 0.778 bits per heavy atom. The van der Waals surface area contributed by atoms with Crippen LogP contribution in [-0.4, -0.2) is 6.43 Å². The first-order chi connectivity index (χ1) is 8.80. The number of hydrogen-bond donors (Lipinski definition) is 0. The van der Waals surface area contributed by atoms with Gasteiger partial charge in [0.2, 0.25) is 6.43 Å². The standard InChI is InChI=1S/C16H30F2/c17-16(18)15-13-11-9-7-5-3-1-2-4-6-8-10-12-14-15/h15-16H,1-14H2. The van der Waals surface area contributed by atoms with Crippen LogP contribution in [0, 0.1) is 5.92 Å². The molecule has 108 valence electrons. The van der Waals surface area contributed by atoms with Crippen molar-refractivity contribution < 1.29 is 8.78 Å². The van der Waals surface area contributed by atoms with Gasteiger partial charge in [0.25, 0.3) is 0 Å². The Labute approximate surface area is 112 Å². The zero-order valence-electron chi connectivity index (χ0n) is 11.8. The van der Waals surface area contributed by atoms with E-state index < -0.39 is 6.43 Å². The second-order valence-corrected chi connectivity index (χ2v) is 5.91. The fraction of sp³-hybridized carbons (Fsp3) is 1.00. The normalized spacial score (nSPS) is 23.5. The van der Waals surface area contributed by atoms with E-state index in [9.17, 15) is 8.78 Å². The van der Waals surface area contributed by atoms with E-state index in [1.54, 1.807) is 0 Å². The Kier molecular flexibility index (Phi) is 9.51. The van der Waals surface area contributed by atoms with Crippen LogP contribution in [0.2, 0.25) is 0 Å². The molecular formula is C16H30F2. The molecule has 0 aromatic carbocycles. The Bertz CT molecular complexity index is 164. The lowest BCUT2D eigenvalue weighted by molar-refractivity contribution is 0.0644. The van der Waals surface area contributed by atoms with Gasteiger partial charge in [-0.2, -0.15) is 0 Å². The molecule has 0 atom stereocenters. The van der Waals surface area contributed by atoms with Crippen molar-refractivity contribution in [3.8, 4) is 0 Å². The summed E-state index contributed by atoms with van der Waals surface area (Å²) in [6, 6.07) is 0. The molecule has 1 aliphatic rings. The van der Waals surface area contributed by atoms with Crippen molar-refractivity contribution in [1.82, 2.24) is 0 Å². The van der Waals surface area contributed by atoms with Crippen molar-refractivity contribution in [2.75, 3.05) is 0 Å². The summed E-state index contributed by atoms with van der Waals surface area (Å²) in [4.78, 5) is 0. The summed E-state index contributed by atoms with van der Waals surface area (Å²) in [5, 5.41) is 0. The van der Waals surface area contributed by atoms with Crippen molar-refractivity contribution in [1.29, 1.82) is 0 Å². The Balaban J connectivity index is 2.24. The van der Waals surface area contributed by atoms with Gasteiger partial charge in [0.1, 0.15) is 0 Å². The minimum atomic E-state index is -2.10. The molecule has 0 aromatic heterocycles. The first kappa shape index (κ1) is 15.9. The van der Waals surface area contributed by atoms with E-state index in [2.05, 4.69) is 0 Å². The Morgan fingerprint density at radius 3 is 1.06 bits per heavy atom. The highest BCUT2D eigenvalue weighted by Gasteiger charge is 2.19. The van der Waals surface area contributed by atoms with Gasteiger partial charge in [-0.15, -0.1) is 0 Å². The third kappa shape index (κ3) is 8.05. The fourth-order valence-electron chi connectivity index (χ4n) is 2.98. The zero-order chi connectivity index (χ0) is 13.1. The number of hydrogen-bond acceptors (Lipinski definition) is 0. The van der Waals surface area contributed by atoms with Crippen LogP contribution in [0.1, 0.15) is 89.9 Å². The van der Waals surface area contributed by atoms with E-state index in [4.69, 9.17) is 0 Å². The van der Waals surface area contributed by atoms with Crippen LogP contribution in [0.3, 0.4) is 0 Å². The van der Waals surface area contributed by atoms with Gasteiger partial charge in [0.05, 0.1) is 0 Å². The lowest BCUT2D eigenvalue weighted by Gasteiger charge is -2.15. The van der Waals surface area contributed by atoms with Crippen LogP contribution in [0.25, 0.3) is 0 Å². The summed E-state index contributed by atoms with van der Waals surface area (Å²) in [5.41, 5.74) is 0. The lowest BCUT2D eigenvalue weighted by atomic mass is 9.95. The highest BCUT2D eigenvalue weighted by Crippen LogP contribution is 2.25. The van der Waals surface area contributed by atoms with E-state index in [0.29, 0.717) is 0 Å². The molecule has 0 amide bonds. The SMILES string of the molecule is FC(F)C1CCCCCCCCCCCCCC1. The van der Waals surface area contributed by atoms with E-state index in [1.807, 2.05) is 0 Å². The third-order valence-electron chi connectivity index (χ3n) is 4.26. The monoisotopic (exact) mass is 260 g/mol. The van der Waals surface area contributed by atoms with E-state index in [0.717, 1.165) is 38.5 Å². The van der Waals surface area contributed by atoms with Crippen molar-refractivity contribution in [2.24, 2.45) is 5.92 Å². The molecular weight excluding hydrogens is 230 g/mol. The summed E-state index contributed by atoms with van der Waals surface area (Å²) in [5.74, 6) is -0.324. The average molecular weight is 260 g/mol. The van der Waals surface area contributed by atoms with Crippen molar-refractivity contribution >= 4 is 0 Å². The summed E-state index contributed by atoms with van der Waals surface area (Å²) < 4.78 is 25.7. The molecule has 0 saturated heterocycles. The quantitative estimate of drug-likeness (QED) is 0.516. The van der Waals surface area contributed by atoms with E-state index >= 15 is 0 Å². The highest BCUT2D eigenvalue weighted by atomic mass is 19.3. The van der Waals surface area contributed by atoms with Crippen molar-refractivity contribution in [3.05, 3.63) is 0 Å². The van der Waals surface area contributed by atoms with Crippen molar-refractivity contribution in [2.45, 2.75) is 96.3 Å². The molecule has 0 unspecified atom stereocenters. The molecule has 1 fully saturated rings. The average Bonchev–Trinajstić information content (AvgIpc) is 2.36. The van der Waals surface area contributed by atoms with Gasteiger partial charge in [-0.1, -0.05) is 77.0 Å². The molecule has 0 aromatic rings. The smallest absolute Gasteiger partial charge is 0.210 e. The van der Waals surface area contributed by atoms with E-state index in [1.165, 1.54) is 51.4 Å². The molecule has 0 spiro atoms. The molecule has 1 aliphatic carbocycles. The van der Waals surface area contributed by atoms with Crippen LogP contribution in [0.4, 0.5) is 8.78 Å². The van der Waals surface area contributed by atoms with Crippen LogP contribution in [0.5, 0.6) is 0 Å². The summed E-state index contributed by atoms with van der Waals surface area (Å²) in [6.45, 7) is 0. The molecule has 1 saturated carbocycles. The van der Waals surface area contributed by atoms with Gasteiger partial charge in [0.15, 0.2) is 0 Å². The van der Waals surface area contributed by atoms with Gasteiger partial charge in [-0.25, -0.2) is 8.78 Å². The van der Waals surface area contributed by atoms with Gasteiger partial charge >= 0.3 is 0 Å². The predicted octanol–water partition coefficient (Wildman–Crippen LogP) is 6.34. The molecule has 0 nitrogen and oxygen atoms in total. The summed E-state index contributed by atoms with van der Waals surface area (Å²) in [6.07, 6.45) is 14.3. The second kappa shape index (κ2) is 10.8. The molecule has 0 bridgehead atoms. The maximum atomic E-state index is 12.9. The molecule has 0 aliphatic heterocycles. The van der Waals surface area contributed by atoms with Gasteiger partial charge in [0, 0.05) is 5.92 Å². The Morgan fingerprint density at radius 1 is 0.500 bits per heavy atom. The molecule has 0 heterocycles. The number of alkyl halides is 2. The first-order valence-electron chi connectivity index (χ1n) is 8.09. The lowest BCUT2D eigenvalue weighted by Crippen LogP contribution is -2.11. The van der Waals surface area contributed by atoms with Crippen LogP contribution in [-0.2, 0) is 0 Å². The number of rotatable bonds is 1. The Hall–Kier alpha value is -0.140. The minimum absolute atomic E-state index is 0.324. The first-order valence-corrected chi connectivity index (χ1v) is 8.09. The van der Waals surface area contributed by atoms with Gasteiger partial charge in [-0.05, 0) is 12.8 Å². The van der Waals surface area contributed by atoms with Crippen molar-refractivity contribution in [3.63, 3.8) is 0 Å². The summed E-state index contributed by atoms with van der Waals surface area (Å²) >= 11 is 0. The fourth-order valence-corrected chi connectivity index (χ4v) is 2.98. The molecule has 1 rings (SSSR count). The van der Waals surface area contributed by atoms with Crippen LogP contribution >= 0.6 is 0 Å². The zero-order valence-corrected chi connectivity index (χ0v) is 11.8. The third-order valence-corrected chi connectivity index (χ3v) is 4.26. The molecule has 2 heteroatoms. The van der Waals surface area contributed by atoms with Gasteiger partial charge < -0.3 is 0 Å². The summed E-state index contributed by atoms with van der Waals surface area (Å²) in [7, 11) is 0. The van der Waals surface area contributed by atoms with Gasteiger partial charge in [-0.3, -0.25) is 0 Å². The molecule has 0 N–H and O–H groups in total. The largest absolute Gasteiger partial charge is 0.241 e. The van der Waals surface area contributed by atoms with E-state index in [-0.39, 0.29) is 5.92 Å². The van der Waals surface area contributed by atoms with Crippen LogP contribution < -0.4 is 0 Å². The maximum Gasteiger partial charge on any atom is 0.241 e. The minimum Gasteiger partial charge on any atom is -0.210 e. The van der Waals surface area contributed by atoms with Crippen LogP contribution in [0.15, 0.2) is 0 Å². The second-order valence-electron chi connectivity index (χ2n) is 5.91. The highest BCUT2D eigenvalue weighted by molar-refractivity contribution is 4.63. The molecule has 0 radical (unpaired) electrons. The maximum absolute atomic E-state index is 12.9. The molecule has 18 heavy (non-hydrogen) atoms. The number of halogens is 2. The topological polar surface area (TPSA) is 0 Å². The predicted molar refractivity (Wildman–Crippen MR) is 74.1 cm³/mol.